The molecule has 0 heterocycles. The molecular weight excluding hydrogens is 194 g/mol. The van der Waals surface area contributed by atoms with Crippen LogP contribution in [0.2, 0.25) is 0 Å². The zero-order chi connectivity index (χ0) is 11.3. The van der Waals surface area contributed by atoms with Crippen molar-refractivity contribution in [1.29, 1.82) is 0 Å². The number of hydrogen-bond donors (Lipinski definition) is 2. The van der Waals surface area contributed by atoms with Crippen molar-refractivity contribution in [2.75, 3.05) is 6.54 Å². The van der Waals surface area contributed by atoms with Crippen LogP contribution in [0.5, 0.6) is 0 Å². The molecule has 1 aliphatic rings. The third-order valence-electron chi connectivity index (χ3n) is 2.68. The third kappa shape index (κ3) is 3.28. The van der Waals surface area contributed by atoms with E-state index in [9.17, 15) is 9.59 Å². The fourth-order valence-corrected chi connectivity index (χ4v) is 1.81. The van der Waals surface area contributed by atoms with Gasteiger partial charge >= 0.3 is 5.97 Å². The average Bonchev–Trinajstić information content (AvgIpc) is 2.66. The lowest BCUT2D eigenvalue weighted by molar-refractivity contribution is -0.141. The van der Waals surface area contributed by atoms with E-state index in [4.69, 9.17) is 5.11 Å². The van der Waals surface area contributed by atoms with Crippen LogP contribution >= 0.6 is 0 Å². The minimum Gasteiger partial charge on any atom is -0.481 e. The number of aliphatic carboxylic acids is 1. The molecule has 4 nitrogen and oxygen atoms in total. The molecule has 0 aliphatic heterocycles. The summed E-state index contributed by atoms with van der Waals surface area (Å²) < 4.78 is 0. The second-order valence-electron chi connectivity index (χ2n) is 3.69. The minimum absolute atomic E-state index is 0.0681. The molecule has 15 heavy (non-hydrogen) atoms. The highest BCUT2D eigenvalue weighted by Crippen LogP contribution is 2.30. The number of rotatable bonds is 3. The van der Waals surface area contributed by atoms with Crippen molar-refractivity contribution in [2.24, 2.45) is 11.8 Å². The van der Waals surface area contributed by atoms with E-state index in [0.717, 1.165) is 0 Å². The lowest BCUT2D eigenvalue weighted by Crippen LogP contribution is -2.30. The number of carboxylic acids is 1. The predicted molar refractivity (Wildman–Crippen MR) is 54.9 cm³/mol. The van der Waals surface area contributed by atoms with Crippen molar-refractivity contribution >= 4 is 11.9 Å². The monoisotopic (exact) mass is 209 g/mol. The van der Waals surface area contributed by atoms with E-state index >= 15 is 0 Å². The summed E-state index contributed by atoms with van der Waals surface area (Å²) in [5.74, 6) is 4.06. The zero-order valence-corrected chi connectivity index (χ0v) is 8.75. The molecule has 2 N–H and O–H groups in total. The molecule has 0 saturated heterocycles. The Hall–Kier alpha value is -1.50. The van der Waals surface area contributed by atoms with Gasteiger partial charge in [-0.25, -0.2) is 0 Å². The average molecular weight is 209 g/mol. The summed E-state index contributed by atoms with van der Waals surface area (Å²) in [6.07, 6.45) is 1.73. The first-order valence-corrected chi connectivity index (χ1v) is 5.05. The van der Waals surface area contributed by atoms with E-state index in [-0.39, 0.29) is 17.7 Å². The van der Waals surface area contributed by atoms with Crippen molar-refractivity contribution in [3.8, 4) is 11.8 Å². The molecule has 0 aromatic heterocycles. The predicted octanol–water partition coefficient (Wildman–Crippen LogP) is 0.627. The Morgan fingerprint density at radius 2 is 2.07 bits per heavy atom. The number of hydrogen-bond acceptors (Lipinski definition) is 2. The van der Waals surface area contributed by atoms with Crippen molar-refractivity contribution < 1.29 is 14.7 Å². The van der Waals surface area contributed by atoms with Gasteiger partial charge in [0.25, 0.3) is 0 Å². The first kappa shape index (κ1) is 11.6. The van der Waals surface area contributed by atoms with Gasteiger partial charge in [0.05, 0.1) is 12.5 Å². The Kier molecular flexibility index (Phi) is 4.17. The molecule has 0 bridgehead atoms. The summed E-state index contributed by atoms with van der Waals surface area (Å²) >= 11 is 0. The molecule has 2 unspecified atom stereocenters. The van der Waals surface area contributed by atoms with Crippen LogP contribution in [0.3, 0.4) is 0 Å². The number of carbonyl (C=O) groups is 2. The summed E-state index contributed by atoms with van der Waals surface area (Å²) in [6.45, 7) is 2.06. The highest BCUT2D eigenvalue weighted by Gasteiger charge is 2.33. The normalized spacial score (nSPS) is 24.1. The number of nitrogens with one attached hydrogen (secondary N) is 1. The van der Waals surface area contributed by atoms with E-state index in [1.807, 2.05) is 0 Å². The summed E-state index contributed by atoms with van der Waals surface area (Å²) in [7, 11) is 0. The largest absolute Gasteiger partial charge is 0.481 e. The van der Waals surface area contributed by atoms with E-state index in [2.05, 4.69) is 17.2 Å². The molecule has 1 amide bonds. The molecule has 1 aliphatic carbocycles. The molecule has 82 valence electrons. The van der Waals surface area contributed by atoms with Crippen LogP contribution in [0.15, 0.2) is 0 Å². The first-order chi connectivity index (χ1) is 7.15. The molecule has 0 aromatic rings. The van der Waals surface area contributed by atoms with E-state index in [1.165, 1.54) is 0 Å². The van der Waals surface area contributed by atoms with Crippen LogP contribution < -0.4 is 5.32 Å². The Balaban J connectivity index is 2.35. The maximum atomic E-state index is 11.5. The molecule has 1 rings (SSSR count). The molecule has 1 fully saturated rings. The maximum absolute atomic E-state index is 11.5. The molecule has 4 heteroatoms. The van der Waals surface area contributed by atoms with Gasteiger partial charge < -0.3 is 10.4 Å². The lowest BCUT2D eigenvalue weighted by atomic mass is 10.0. The lowest BCUT2D eigenvalue weighted by Gasteiger charge is -2.08. The second kappa shape index (κ2) is 5.40. The molecule has 0 aromatic carbocycles. The first-order valence-electron chi connectivity index (χ1n) is 5.05. The summed E-state index contributed by atoms with van der Waals surface area (Å²) in [4.78, 5) is 22.2. The highest BCUT2D eigenvalue weighted by molar-refractivity contribution is 5.81. The topological polar surface area (TPSA) is 66.4 Å². The van der Waals surface area contributed by atoms with Crippen molar-refractivity contribution in [2.45, 2.75) is 26.2 Å². The molecule has 1 saturated carbocycles. The quantitative estimate of drug-likeness (QED) is 0.670. The maximum Gasteiger partial charge on any atom is 0.306 e. The third-order valence-corrected chi connectivity index (χ3v) is 2.68. The molecule has 2 atom stereocenters. The van der Waals surface area contributed by atoms with Gasteiger partial charge in [0.15, 0.2) is 0 Å². The standard InChI is InChI=1S/C11H15NO3/c1-2-3-6-12-10(13)8-4-5-9(7-8)11(14)15/h8-9H,4-7H2,1H3,(H,12,13)(H,14,15). The highest BCUT2D eigenvalue weighted by atomic mass is 16.4. The van der Waals surface area contributed by atoms with Crippen LogP contribution in [0, 0.1) is 23.7 Å². The van der Waals surface area contributed by atoms with Gasteiger partial charge in [-0.1, -0.05) is 5.92 Å². The molecule has 0 spiro atoms. The van der Waals surface area contributed by atoms with Gasteiger partial charge in [0, 0.05) is 5.92 Å². The van der Waals surface area contributed by atoms with Crippen LogP contribution in [0.1, 0.15) is 26.2 Å². The molecular formula is C11H15NO3. The summed E-state index contributed by atoms with van der Waals surface area (Å²) in [6, 6.07) is 0. The summed E-state index contributed by atoms with van der Waals surface area (Å²) in [5.41, 5.74) is 0. The Morgan fingerprint density at radius 1 is 1.40 bits per heavy atom. The van der Waals surface area contributed by atoms with Gasteiger partial charge in [-0.2, -0.15) is 0 Å². The van der Waals surface area contributed by atoms with E-state index in [1.54, 1.807) is 6.92 Å². The van der Waals surface area contributed by atoms with Crippen LogP contribution in [0.25, 0.3) is 0 Å². The van der Waals surface area contributed by atoms with Crippen LogP contribution in [-0.2, 0) is 9.59 Å². The fourth-order valence-electron chi connectivity index (χ4n) is 1.81. The van der Waals surface area contributed by atoms with Crippen LogP contribution in [-0.4, -0.2) is 23.5 Å². The number of carboxylic acid groups (broad SMARTS) is 1. The van der Waals surface area contributed by atoms with Crippen molar-refractivity contribution in [3.05, 3.63) is 0 Å². The fraction of sp³-hybridized carbons (Fsp3) is 0.636. The number of amides is 1. The second-order valence-corrected chi connectivity index (χ2v) is 3.69. The summed E-state index contributed by atoms with van der Waals surface area (Å²) in [5, 5.41) is 11.5. The smallest absolute Gasteiger partial charge is 0.306 e. The zero-order valence-electron chi connectivity index (χ0n) is 8.75. The Morgan fingerprint density at radius 3 is 2.60 bits per heavy atom. The van der Waals surface area contributed by atoms with Crippen LogP contribution in [0.4, 0.5) is 0 Å². The van der Waals surface area contributed by atoms with Gasteiger partial charge in [-0.05, 0) is 26.2 Å². The SMILES string of the molecule is CC#CCNC(=O)C1CCC(C(=O)O)C1. The van der Waals surface area contributed by atoms with Gasteiger partial charge in [0.1, 0.15) is 0 Å². The van der Waals surface area contributed by atoms with E-state index < -0.39 is 5.97 Å². The van der Waals surface area contributed by atoms with Crippen molar-refractivity contribution in [3.63, 3.8) is 0 Å². The number of carbonyl (C=O) groups excluding carboxylic acids is 1. The Labute approximate surface area is 89.0 Å². The molecule has 0 radical (unpaired) electrons. The van der Waals surface area contributed by atoms with Gasteiger partial charge in [-0.3, -0.25) is 9.59 Å². The Bertz CT molecular complexity index is 314. The van der Waals surface area contributed by atoms with Gasteiger partial charge in [0.2, 0.25) is 5.91 Å². The van der Waals surface area contributed by atoms with Crippen molar-refractivity contribution in [1.82, 2.24) is 5.32 Å². The van der Waals surface area contributed by atoms with Gasteiger partial charge in [-0.15, -0.1) is 5.92 Å². The minimum atomic E-state index is -0.793. The van der Waals surface area contributed by atoms with E-state index in [0.29, 0.717) is 25.8 Å².